The van der Waals surface area contributed by atoms with Crippen LogP contribution in [0.1, 0.15) is 25.0 Å². The fourth-order valence-electron chi connectivity index (χ4n) is 2.65. The zero-order chi connectivity index (χ0) is 16.3. The molecular formula is C21H21NS. The van der Waals surface area contributed by atoms with E-state index in [0.29, 0.717) is 0 Å². The molecule has 2 heteroatoms. The van der Waals surface area contributed by atoms with Crippen LogP contribution in [0.3, 0.4) is 0 Å². The maximum atomic E-state index is 4.22. The highest BCUT2D eigenvalue weighted by Crippen LogP contribution is 2.27. The van der Waals surface area contributed by atoms with E-state index in [0.717, 1.165) is 11.3 Å². The largest absolute Gasteiger partial charge is 0.376 e. The van der Waals surface area contributed by atoms with Gasteiger partial charge in [-0.15, -0.1) is 11.3 Å². The summed E-state index contributed by atoms with van der Waals surface area (Å²) in [6, 6.07) is 23.2. The van der Waals surface area contributed by atoms with E-state index in [1.165, 1.54) is 16.0 Å². The maximum absolute atomic E-state index is 4.22. The predicted octanol–water partition coefficient (Wildman–Crippen LogP) is 5.91. The van der Waals surface area contributed by atoms with Crippen LogP contribution in [0, 0.1) is 0 Å². The van der Waals surface area contributed by atoms with Crippen molar-refractivity contribution in [3.8, 4) is 10.4 Å². The molecule has 0 amide bonds. The number of thiophene rings is 1. The Labute approximate surface area is 142 Å². The minimum Gasteiger partial charge on any atom is -0.376 e. The normalized spacial score (nSPS) is 11.2. The maximum Gasteiger partial charge on any atom is 0.0569 e. The van der Waals surface area contributed by atoms with Crippen LogP contribution in [0.25, 0.3) is 16.1 Å². The van der Waals surface area contributed by atoms with Gasteiger partial charge >= 0.3 is 0 Å². The summed E-state index contributed by atoms with van der Waals surface area (Å²) in [6.45, 7) is 8.57. The fraction of sp³-hybridized carbons (Fsp3) is 0.143. The van der Waals surface area contributed by atoms with Crippen LogP contribution < -0.4 is 5.32 Å². The Morgan fingerprint density at radius 2 is 1.61 bits per heavy atom. The molecule has 23 heavy (non-hydrogen) atoms. The van der Waals surface area contributed by atoms with E-state index < -0.39 is 0 Å². The van der Waals surface area contributed by atoms with Gasteiger partial charge in [-0.1, -0.05) is 67.2 Å². The minimum absolute atomic E-state index is 0.162. The second kappa shape index (κ2) is 6.43. The van der Waals surface area contributed by atoms with Crippen molar-refractivity contribution < 1.29 is 0 Å². The van der Waals surface area contributed by atoms with E-state index >= 15 is 0 Å². The topological polar surface area (TPSA) is 12.0 Å². The molecular weight excluding hydrogens is 298 g/mol. The summed E-state index contributed by atoms with van der Waals surface area (Å²) in [5.74, 6) is 0. The molecule has 0 bridgehead atoms. The summed E-state index contributed by atoms with van der Waals surface area (Å²) in [4.78, 5) is 1.29. The molecule has 0 saturated carbocycles. The number of rotatable bonds is 5. The van der Waals surface area contributed by atoms with Crippen molar-refractivity contribution in [2.45, 2.75) is 19.4 Å². The third kappa shape index (κ3) is 3.54. The van der Waals surface area contributed by atoms with Crippen LogP contribution in [-0.4, -0.2) is 0 Å². The molecule has 1 aromatic heterocycles. The Morgan fingerprint density at radius 3 is 2.22 bits per heavy atom. The summed E-state index contributed by atoms with van der Waals surface area (Å²) < 4.78 is 0. The van der Waals surface area contributed by atoms with Crippen molar-refractivity contribution in [3.05, 3.63) is 89.8 Å². The first-order valence-electron chi connectivity index (χ1n) is 7.73. The van der Waals surface area contributed by atoms with Crippen LogP contribution in [0.5, 0.6) is 0 Å². The van der Waals surface area contributed by atoms with Gasteiger partial charge in [0.25, 0.3) is 0 Å². The van der Waals surface area contributed by atoms with E-state index in [1.807, 2.05) is 6.07 Å². The average molecular weight is 319 g/mol. The Bertz CT molecular complexity index is 768. The average Bonchev–Trinajstić information content (AvgIpc) is 3.10. The van der Waals surface area contributed by atoms with Crippen LogP contribution in [0.4, 0.5) is 0 Å². The standard InChI is InChI=1S/C21H21NS/c1-16(22-21(2,3)19-8-5-4-6-9-19)17-11-13-18(14-12-17)20-10-7-15-23-20/h4-15,22H,1H2,2-3H3. The van der Waals surface area contributed by atoms with E-state index in [2.05, 4.69) is 91.8 Å². The van der Waals surface area contributed by atoms with Crippen molar-refractivity contribution in [1.82, 2.24) is 5.32 Å². The van der Waals surface area contributed by atoms with Gasteiger partial charge in [0.1, 0.15) is 0 Å². The Morgan fingerprint density at radius 1 is 0.913 bits per heavy atom. The second-order valence-electron chi connectivity index (χ2n) is 6.15. The third-order valence-corrected chi connectivity index (χ3v) is 4.92. The van der Waals surface area contributed by atoms with Crippen LogP contribution >= 0.6 is 11.3 Å². The lowest BCUT2D eigenvalue weighted by atomic mass is 9.93. The van der Waals surface area contributed by atoms with Crippen molar-refractivity contribution in [2.75, 3.05) is 0 Å². The lowest BCUT2D eigenvalue weighted by Crippen LogP contribution is -2.34. The first-order chi connectivity index (χ1) is 11.1. The number of nitrogens with one attached hydrogen (secondary N) is 1. The van der Waals surface area contributed by atoms with Gasteiger partial charge in [0.05, 0.1) is 5.54 Å². The molecule has 1 nitrogen and oxygen atoms in total. The van der Waals surface area contributed by atoms with Gasteiger partial charge in [0.2, 0.25) is 0 Å². The Balaban J connectivity index is 1.76. The quantitative estimate of drug-likeness (QED) is 0.616. The SMILES string of the molecule is C=C(NC(C)(C)c1ccccc1)c1ccc(-c2cccs2)cc1. The summed E-state index contributed by atoms with van der Waals surface area (Å²) in [6.07, 6.45) is 0. The lowest BCUT2D eigenvalue weighted by Gasteiger charge is -2.29. The van der Waals surface area contributed by atoms with Gasteiger partial charge in [-0.05, 0) is 42.0 Å². The smallest absolute Gasteiger partial charge is 0.0569 e. The van der Waals surface area contributed by atoms with Crippen LogP contribution in [0.15, 0.2) is 78.7 Å². The van der Waals surface area contributed by atoms with Crippen LogP contribution in [-0.2, 0) is 5.54 Å². The van der Waals surface area contributed by atoms with Gasteiger partial charge in [-0.2, -0.15) is 0 Å². The van der Waals surface area contributed by atoms with Gasteiger partial charge in [-0.3, -0.25) is 0 Å². The van der Waals surface area contributed by atoms with Gasteiger partial charge in [0.15, 0.2) is 0 Å². The van der Waals surface area contributed by atoms with Crippen molar-refractivity contribution in [2.24, 2.45) is 0 Å². The first kappa shape index (κ1) is 15.6. The van der Waals surface area contributed by atoms with Crippen molar-refractivity contribution >= 4 is 17.0 Å². The monoisotopic (exact) mass is 319 g/mol. The Kier molecular flexibility index (Phi) is 4.35. The molecule has 0 radical (unpaired) electrons. The molecule has 0 aliphatic carbocycles. The third-order valence-electron chi connectivity index (χ3n) is 4.00. The molecule has 116 valence electrons. The summed E-state index contributed by atoms with van der Waals surface area (Å²) >= 11 is 1.76. The van der Waals surface area contributed by atoms with E-state index in [1.54, 1.807) is 11.3 Å². The molecule has 0 spiro atoms. The lowest BCUT2D eigenvalue weighted by molar-refractivity contribution is 0.476. The molecule has 3 aromatic rings. The summed E-state index contributed by atoms with van der Waals surface area (Å²) in [5.41, 5.74) is 4.39. The molecule has 1 heterocycles. The number of hydrogen-bond donors (Lipinski definition) is 1. The molecule has 0 fully saturated rings. The fourth-order valence-corrected chi connectivity index (χ4v) is 3.39. The van der Waals surface area contributed by atoms with Gasteiger partial charge in [-0.25, -0.2) is 0 Å². The molecule has 0 atom stereocenters. The van der Waals surface area contributed by atoms with Gasteiger partial charge in [0, 0.05) is 10.6 Å². The summed E-state index contributed by atoms with van der Waals surface area (Å²) in [5, 5.41) is 5.65. The molecule has 0 aliphatic rings. The zero-order valence-corrected chi connectivity index (χ0v) is 14.4. The highest BCUT2D eigenvalue weighted by molar-refractivity contribution is 7.13. The predicted molar refractivity (Wildman–Crippen MR) is 101 cm³/mol. The zero-order valence-electron chi connectivity index (χ0n) is 13.5. The number of hydrogen-bond acceptors (Lipinski definition) is 2. The van der Waals surface area contributed by atoms with E-state index in [-0.39, 0.29) is 5.54 Å². The molecule has 2 aromatic carbocycles. The molecule has 1 N–H and O–H groups in total. The number of benzene rings is 2. The van der Waals surface area contributed by atoms with E-state index in [4.69, 9.17) is 0 Å². The van der Waals surface area contributed by atoms with Crippen molar-refractivity contribution in [1.29, 1.82) is 0 Å². The Hall–Kier alpha value is -2.32. The molecule has 0 unspecified atom stereocenters. The first-order valence-corrected chi connectivity index (χ1v) is 8.61. The molecule has 0 saturated heterocycles. The molecule has 0 aliphatic heterocycles. The summed E-state index contributed by atoms with van der Waals surface area (Å²) in [7, 11) is 0. The van der Waals surface area contributed by atoms with E-state index in [9.17, 15) is 0 Å². The minimum atomic E-state index is -0.162. The van der Waals surface area contributed by atoms with Gasteiger partial charge < -0.3 is 5.32 Å². The second-order valence-corrected chi connectivity index (χ2v) is 7.10. The molecule has 3 rings (SSSR count). The van der Waals surface area contributed by atoms with Crippen molar-refractivity contribution in [3.63, 3.8) is 0 Å². The highest BCUT2D eigenvalue weighted by atomic mass is 32.1. The highest BCUT2D eigenvalue weighted by Gasteiger charge is 2.20. The van der Waals surface area contributed by atoms with Crippen LogP contribution in [0.2, 0.25) is 0 Å².